The zero-order valence-electron chi connectivity index (χ0n) is 10.9. The van der Waals surface area contributed by atoms with E-state index in [0.29, 0.717) is 5.56 Å². The number of aryl methyl sites for hydroxylation is 1. The quantitative estimate of drug-likeness (QED) is 0.789. The second kappa shape index (κ2) is 5.52. The molecule has 0 bridgehead atoms. The van der Waals surface area contributed by atoms with Gasteiger partial charge in [-0.2, -0.15) is 0 Å². The van der Waals surface area contributed by atoms with Crippen LogP contribution in [0.2, 0.25) is 0 Å². The van der Waals surface area contributed by atoms with E-state index in [0.717, 1.165) is 5.56 Å². The monoisotopic (exact) mass is 257 g/mol. The Bertz CT molecular complexity index is 644. The molecule has 0 unspecified atom stereocenters. The second-order valence-corrected chi connectivity index (χ2v) is 4.31. The highest BCUT2D eigenvalue weighted by atomic mass is 16.5. The SMILES string of the molecule is CC(=O)c1ccn(C)c(=O)c1OCc1ccccc1. The third kappa shape index (κ3) is 2.91. The summed E-state index contributed by atoms with van der Waals surface area (Å²) in [6.45, 7) is 1.69. The Morgan fingerprint density at radius 3 is 2.53 bits per heavy atom. The smallest absolute Gasteiger partial charge is 0.293 e. The highest BCUT2D eigenvalue weighted by molar-refractivity contribution is 5.96. The van der Waals surface area contributed by atoms with Crippen LogP contribution >= 0.6 is 0 Å². The molecule has 0 atom stereocenters. The number of carbonyl (C=O) groups is 1. The zero-order valence-corrected chi connectivity index (χ0v) is 10.9. The molecule has 0 aliphatic carbocycles. The van der Waals surface area contributed by atoms with Crippen molar-refractivity contribution in [1.82, 2.24) is 4.57 Å². The van der Waals surface area contributed by atoms with Gasteiger partial charge in [0.25, 0.3) is 5.56 Å². The molecule has 0 spiro atoms. The molecule has 0 fully saturated rings. The molecule has 1 aromatic carbocycles. The molecular formula is C15H15NO3. The highest BCUT2D eigenvalue weighted by Gasteiger charge is 2.13. The standard InChI is InChI=1S/C15H15NO3/c1-11(17)13-8-9-16(2)15(18)14(13)19-10-12-6-4-3-5-7-12/h3-9H,10H2,1-2H3. The van der Waals surface area contributed by atoms with Crippen molar-refractivity contribution >= 4 is 5.78 Å². The topological polar surface area (TPSA) is 48.3 Å². The molecular weight excluding hydrogens is 242 g/mol. The van der Waals surface area contributed by atoms with Crippen LogP contribution in [0.15, 0.2) is 47.4 Å². The predicted octanol–water partition coefficient (Wildman–Crippen LogP) is 2.17. The Hall–Kier alpha value is -2.36. The van der Waals surface area contributed by atoms with Crippen LogP contribution in [0.1, 0.15) is 22.8 Å². The van der Waals surface area contributed by atoms with E-state index in [9.17, 15) is 9.59 Å². The largest absolute Gasteiger partial charge is 0.482 e. The molecule has 0 N–H and O–H groups in total. The lowest BCUT2D eigenvalue weighted by Gasteiger charge is -2.10. The molecule has 4 nitrogen and oxygen atoms in total. The van der Waals surface area contributed by atoms with Crippen LogP contribution in [0.4, 0.5) is 0 Å². The van der Waals surface area contributed by atoms with Gasteiger partial charge in [0.2, 0.25) is 0 Å². The van der Waals surface area contributed by atoms with Gasteiger partial charge >= 0.3 is 0 Å². The summed E-state index contributed by atoms with van der Waals surface area (Å²) in [5.41, 5.74) is 0.963. The molecule has 0 aliphatic heterocycles. The zero-order chi connectivity index (χ0) is 13.8. The number of rotatable bonds is 4. The molecule has 0 aliphatic rings. The maximum atomic E-state index is 12.0. The molecule has 19 heavy (non-hydrogen) atoms. The van der Waals surface area contributed by atoms with Crippen molar-refractivity contribution in [3.63, 3.8) is 0 Å². The van der Waals surface area contributed by atoms with Crippen LogP contribution in [0, 0.1) is 0 Å². The van der Waals surface area contributed by atoms with E-state index in [1.165, 1.54) is 11.5 Å². The molecule has 4 heteroatoms. The molecule has 2 rings (SSSR count). The molecule has 0 radical (unpaired) electrons. The second-order valence-electron chi connectivity index (χ2n) is 4.31. The van der Waals surface area contributed by atoms with Crippen LogP contribution in [0.5, 0.6) is 5.75 Å². The molecule has 0 saturated heterocycles. The Balaban J connectivity index is 2.31. The maximum absolute atomic E-state index is 12.0. The van der Waals surface area contributed by atoms with Gasteiger partial charge in [-0.1, -0.05) is 30.3 Å². The van der Waals surface area contributed by atoms with Crippen LogP contribution < -0.4 is 10.3 Å². The van der Waals surface area contributed by atoms with Crippen molar-refractivity contribution in [1.29, 1.82) is 0 Å². The summed E-state index contributed by atoms with van der Waals surface area (Å²) < 4.78 is 6.94. The normalized spacial score (nSPS) is 10.2. The minimum absolute atomic E-state index is 0.112. The van der Waals surface area contributed by atoms with Gasteiger partial charge < -0.3 is 9.30 Å². The van der Waals surface area contributed by atoms with Gasteiger partial charge in [0.05, 0.1) is 5.56 Å². The van der Waals surface area contributed by atoms with Crippen LogP contribution in [-0.4, -0.2) is 10.4 Å². The van der Waals surface area contributed by atoms with E-state index < -0.39 is 0 Å². The van der Waals surface area contributed by atoms with Crippen molar-refractivity contribution < 1.29 is 9.53 Å². The number of carbonyl (C=O) groups excluding carboxylic acids is 1. The number of aromatic nitrogens is 1. The van der Waals surface area contributed by atoms with Gasteiger partial charge in [-0.15, -0.1) is 0 Å². The van der Waals surface area contributed by atoms with E-state index >= 15 is 0 Å². The van der Waals surface area contributed by atoms with Gasteiger partial charge in [0.1, 0.15) is 6.61 Å². The Morgan fingerprint density at radius 2 is 1.89 bits per heavy atom. The summed E-state index contributed by atoms with van der Waals surface area (Å²) in [6.07, 6.45) is 1.56. The summed E-state index contributed by atoms with van der Waals surface area (Å²) in [6, 6.07) is 11.1. The van der Waals surface area contributed by atoms with Crippen LogP contribution in [0.3, 0.4) is 0 Å². The number of hydrogen-bond donors (Lipinski definition) is 0. The first-order valence-electron chi connectivity index (χ1n) is 5.97. The van der Waals surface area contributed by atoms with E-state index in [2.05, 4.69) is 0 Å². The van der Waals surface area contributed by atoms with E-state index in [-0.39, 0.29) is 23.7 Å². The molecule has 2 aromatic rings. The van der Waals surface area contributed by atoms with Gasteiger partial charge in [-0.3, -0.25) is 9.59 Å². The number of ether oxygens (including phenoxy) is 1. The van der Waals surface area contributed by atoms with Crippen LogP contribution in [-0.2, 0) is 13.7 Å². The van der Waals surface area contributed by atoms with E-state index in [1.54, 1.807) is 19.3 Å². The Kier molecular flexibility index (Phi) is 3.80. The van der Waals surface area contributed by atoms with Crippen LogP contribution in [0.25, 0.3) is 0 Å². The molecule has 1 heterocycles. The summed E-state index contributed by atoms with van der Waals surface area (Å²) >= 11 is 0. The number of Topliss-reactive ketones (excluding diaryl/α,β-unsaturated/α-hetero) is 1. The third-order valence-corrected chi connectivity index (χ3v) is 2.83. The lowest BCUT2D eigenvalue weighted by molar-refractivity contribution is 0.101. The van der Waals surface area contributed by atoms with Gasteiger partial charge in [0.15, 0.2) is 11.5 Å². The first kappa shape index (κ1) is 13.1. The first-order valence-corrected chi connectivity index (χ1v) is 5.97. The van der Waals surface area contributed by atoms with Crippen molar-refractivity contribution in [2.24, 2.45) is 7.05 Å². The van der Waals surface area contributed by atoms with Crippen molar-refractivity contribution in [2.45, 2.75) is 13.5 Å². The average molecular weight is 257 g/mol. The van der Waals surface area contributed by atoms with E-state index in [4.69, 9.17) is 4.74 Å². The predicted molar refractivity (Wildman–Crippen MR) is 72.5 cm³/mol. The Labute approximate surface area is 111 Å². The lowest BCUT2D eigenvalue weighted by atomic mass is 10.2. The number of benzene rings is 1. The third-order valence-electron chi connectivity index (χ3n) is 2.83. The summed E-state index contributed by atoms with van der Waals surface area (Å²) in [5, 5.41) is 0. The summed E-state index contributed by atoms with van der Waals surface area (Å²) in [4.78, 5) is 23.5. The molecule has 98 valence electrons. The average Bonchev–Trinajstić information content (AvgIpc) is 2.41. The number of ketones is 1. The summed E-state index contributed by atoms with van der Waals surface area (Å²) in [5.74, 6) is -0.0675. The van der Waals surface area contributed by atoms with Gasteiger partial charge in [-0.05, 0) is 18.6 Å². The fourth-order valence-electron chi connectivity index (χ4n) is 1.75. The van der Waals surface area contributed by atoms with Crippen molar-refractivity contribution in [3.8, 4) is 5.75 Å². The number of pyridine rings is 1. The van der Waals surface area contributed by atoms with Gasteiger partial charge in [-0.25, -0.2) is 0 Å². The van der Waals surface area contributed by atoms with E-state index in [1.807, 2.05) is 30.3 Å². The minimum atomic E-state index is -0.302. The van der Waals surface area contributed by atoms with Gasteiger partial charge in [0, 0.05) is 13.2 Å². The molecule has 1 aromatic heterocycles. The summed E-state index contributed by atoms with van der Waals surface area (Å²) in [7, 11) is 1.63. The number of hydrogen-bond acceptors (Lipinski definition) is 3. The fraction of sp³-hybridized carbons (Fsp3) is 0.200. The first-order chi connectivity index (χ1) is 9.09. The minimum Gasteiger partial charge on any atom is -0.482 e. The maximum Gasteiger partial charge on any atom is 0.293 e. The fourth-order valence-corrected chi connectivity index (χ4v) is 1.75. The number of nitrogens with zero attached hydrogens (tertiary/aromatic N) is 1. The lowest BCUT2D eigenvalue weighted by Crippen LogP contribution is -2.21. The molecule has 0 amide bonds. The molecule has 0 saturated carbocycles. The highest BCUT2D eigenvalue weighted by Crippen LogP contribution is 2.15. The van der Waals surface area contributed by atoms with Crippen molar-refractivity contribution in [3.05, 3.63) is 64.1 Å². The van der Waals surface area contributed by atoms with Crippen molar-refractivity contribution in [2.75, 3.05) is 0 Å². The Morgan fingerprint density at radius 1 is 1.21 bits per heavy atom.